The molecule has 1 aromatic carbocycles. The number of carbonyl (C=O) groups is 1. The summed E-state index contributed by atoms with van der Waals surface area (Å²) in [5.74, 6) is -2.31. The fourth-order valence-corrected chi connectivity index (χ4v) is 2.42. The van der Waals surface area contributed by atoms with Crippen molar-refractivity contribution in [3.8, 4) is 0 Å². The van der Waals surface area contributed by atoms with E-state index in [1.807, 2.05) is 0 Å². The Morgan fingerprint density at radius 3 is 2.70 bits per heavy atom. The van der Waals surface area contributed by atoms with Crippen LogP contribution in [0.1, 0.15) is 24.0 Å². The number of likely N-dealkylation sites (tertiary alicyclic amines) is 1. The van der Waals surface area contributed by atoms with E-state index in [-0.39, 0.29) is 12.1 Å². The van der Waals surface area contributed by atoms with Gasteiger partial charge in [-0.15, -0.1) is 0 Å². The maximum Gasteiger partial charge on any atom is 0.419 e. The highest BCUT2D eigenvalue weighted by Gasteiger charge is 2.35. The van der Waals surface area contributed by atoms with Gasteiger partial charge in [0.2, 0.25) is 0 Å². The highest BCUT2D eigenvalue weighted by atomic mass is 19.4. The molecule has 1 aromatic rings. The Balaban J connectivity index is 2.20. The Bertz CT molecular complexity index is 516. The molecule has 0 bridgehead atoms. The van der Waals surface area contributed by atoms with Crippen molar-refractivity contribution in [2.75, 3.05) is 6.54 Å². The molecule has 2 rings (SSSR count). The fourth-order valence-electron chi connectivity index (χ4n) is 2.42. The van der Waals surface area contributed by atoms with Crippen molar-refractivity contribution >= 4 is 5.97 Å². The lowest BCUT2D eigenvalue weighted by Crippen LogP contribution is -2.35. The first kappa shape index (κ1) is 14.8. The van der Waals surface area contributed by atoms with Crippen LogP contribution in [0.25, 0.3) is 0 Å². The second-order valence-electron chi connectivity index (χ2n) is 4.78. The lowest BCUT2D eigenvalue weighted by atomic mass is 10.1. The van der Waals surface area contributed by atoms with E-state index in [9.17, 15) is 22.4 Å². The van der Waals surface area contributed by atoms with Crippen molar-refractivity contribution in [2.45, 2.75) is 31.6 Å². The molecule has 1 N–H and O–H groups in total. The van der Waals surface area contributed by atoms with Gasteiger partial charge in [0.05, 0.1) is 5.56 Å². The third kappa shape index (κ3) is 3.09. The minimum atomic E-state index is -4.75. The molecule has 110 valence electrons. The average Bonchev–Trinajstić information content (AvgIpc) is 2.78. The average molecular weight is 291 g/mol. The molecule has 1 aliphatic rings. The van der Waals surface area contributed by atoms with E-state index >= 15 is 0 Å². The monoisotopic (exact) mass is 291 g/mol. The highest BCUT2D eigenvalue weighted by molar-refractivity contribution is 5.73. The second-order valence-corrected chi connectivity index (χ2v) is 4.78. The van der Waals surface area contributed by atoms with Gasteiger partial charge in [0.1, 0.15) is 11.9 Å². The number of benzene rings is 1. The highest BCUT2D eigenvalue weighted by Crippen LogP contribution is 2.32. The van der Waals surface area contributed by atoms with Crippen LogP contribution in [-0.2, 0) is 17.5 Å². The van der Waals surface area contributed by atoms with Crippen LogP contribution in [0, 0.1) is 5.82 Å². The van der Waals surface area contributed by atoms with E-state index in [1.165, 1.54) is 6.07 Å². The van der Waals surface area contributed by atoms with Gasteiger partial charge in [0, 0.05) is 6.54 Å². The molecule has 1 heterocycles. The Hall–Kier alpha value is -1.63. The van der Waals surface area contributed by atoms with Gasteiger partial charge in [0.15, 0.2) is 0 Å². The van der Waals surface area contributed by atoms with Gasteiger partial charge < -0.3 is 5.11 Å². The molecule has 0 spiro atoms. The molecule has 1 fully saturated rings. The minimum absolute atomic E-state index is 0.0698. The zero-order valence-electron chi connectivity index (χ0n) is 10.5. The Morgan fingerprint density at radius 2 is 2.10 bits per heavy atom. The summed E-state index contributed by atoms with van der Waals surface area (Å²) in [5, 5.41) is 9.01. The van der Waals surface area contributed by atoms with Crippen LogP contribution in [0.15, 0.2) is 18.2 Å². The third-order valence-electron chi connectivity index (χ3n) is 3.37. The quantitative estimate of drug-likeness (QED) is 0.871. The molecule has 0 saturated carbocycles. The molecule has 0 radical (unpaired) electrons. The zero-order valence-corrected chi connectivity index (χ0v) is 10.5. The molecular weight excluding hydrogens is 278 g/mol. The Kier molecular flexibility index (Phi) is 3.99. The maximum absolute atomic E-state index is 13.2. The first-order chi connectivity index (χ1) is 9.29. The first-order valence-electron chi connectivity index (χ1n) is 6.11. The van der Waals surface area contributed by atoms with Crippen molar-refractivity contribution in [3.05, 3.63) is 35.1 Å². The van der Waals surface area contributed by atoms with Crippen LogP contribution in [0.5, 0.6) is 0 Å². The van der Waals surface area contributed by atoms with Crippen molar-refractivity contribution in [3.63, 3.8) is 0 Å². The van der Waals surface area contributed by atoms with Gasteiger partial charge >= 0.3 is 12.1 Å². The first-order valence-corrected chi connectivity index (χ1v) is 6.11. The topological polar surface area (TPSA) is 40.5 Å². The third-order valence-corrected chi connectivity index (χ3v) is 3.37. The van der Waals surface area contributed by atoms with Crippen molar-refractivity contribution in [2.24, 2.45) is 0 Å². The summed E-state index contributed by atoms with van der Waals surface area (Å²) in [6, 6.07) is 2.08. The van der Waals surface area contributed by atoms with E-state index < -0.39 is 29.6 Å². The van der Waals surface area contributed by atoms with Gasteiger partial charge in [-0.25, -0.2) is 4.39 Å². The molecule has 3 nitrogen and oxygen atoms in total. The minimum Gasteiger partial charge on any atom is -0.480 e. The van der Waals surface area contributed by atoms with Crippen molar-refractivity contribution in [1.29, 1.82) is 0 Å². The molecule has 0 amide bonds. The summed E-state index contributed by atoms with van der Waals surface area (Å²) in [4.78, 5) is 12.6. The van der Waals surface area contributed by atoms with Gasteiger partial charge in [0.25, 0.3) is 0 Å². The number of hydrogen-bond acceptors (Lipinski definition) is 2. The summed E-state index contributed by atoms with van der Waals surface area (Å²) in [6.45, 7) is 0.579. The second kappa shape index (κ2) is 5.40. The summed E-state index contributed by atoms with van der Waals surface area (Å²) in [5.41, 5.74) is -1.06. The summed E-state index contributed by atoms with van der Waals surface area (Å²) >= 11 is 0. The van der Waals surface area contributed by atoms with Gasteiger partial charge in [-0.1, -0.05) is 6.07 Å². The predicted octanol–water partition coefficient (Wildman–Crippen LogP) is 2.89. The molecule has 1 atom stereocenters. The molecule has 1 saturated heterocycles. The van der Waals surface area contributed by atoms with E-state index in [0.717, 1.165) is 12.1 Å². The molecule has 1 aliphatic heterocycles. The SMILES string of the molecule is O=C(O)C1CCCN1Cc1ccc(F)c(C(F)(F)F)c1. The van der Waals surface area contributed by atoms with Crippen LogP contribution in [0.4, 0.5) is 17.6 Å². The number of carboxylic acids is 1. The summed E-state index contributed by atoms with van der Waals surface area (Å²) in [7, 11) is 0. The van der Waals surface area contributed by atoms with Crippen LogP contribution < -0.4 is 0 Å². The predicted molar refractivity (Wildman–Crippen MR) is 62.5 cm³/mol. The van der Waals surface area contributed by atoms with Crippen LogP contribution in [-0.4, -0.2) is 28.6 Å². The van der Waals surface area contributed by atoms with Gasteiger partial charge in [-0.3, -0.25) is 9.69 Å². The number of rotatable bonds is 3. The lowest BCUT2D eigenvalue weighted by Gasteiger charge is -2.21. The van der Waals surface area contributed by atoms with Crippen molar-refractivity contribution in [1.82, 2.24) is 4.90 Å². The number of alkyl halides is 3. The van der Waals surface area contributed by atoms with E-state index in [0.29, 0.717) is 19.4 Å². The smallest absolute Gasteiger partial charge is 0.419 e. The van der Waals surface area contributed by atoms with E-state index in [1.54, 1.807) is 4.90 Å². The zero-order chi connectivity index (χ0) is 14.9. The van der Waals surface area contributed by atoms with Crippen LogP contribution >= 0.6 is 0 Å². The molecule has 7 heteroatoms. The lowest BCUT2D eigenvalue weighted by molar-refractivity contribution is -0.143. The fraction of sp³-hybridized carbons (Fsp3) is 0.462. The number of nitrogens with zero attached hydrogens (tertiary/aromatic N) is 1. The van der Waals surface area contributed by atoms with E-state index in [2.05, 4.69) is 0 Å². The Morgan fingerprint density at radius 1 is 1.40 bits per heavy atom. The van der Waals surface area contributed by atoms with Gasteiger partial charge in [-0.2, -0.15) is 13.2 Å². The molecular formula is C13H13F4NO2. The number of aliphatic carboxylic acids is 1. The Labute approximate surface area is 112 Å². The number of hydrogen-bond donors (Lipinski definition) is 1. The summed E-state index contributed by atoms with van der Waals surface area (Å²) in [6.07, 6.45) is -3.59. The van der Waals surface area contributed by atoms with Crippen LogP contribution in [0.3, 0.4) is 0 Å². The molecule has 0 aliphatic carbocycles. The number of halogens is 4. The van der Waals surface area contributed by atoms with Crippen LogP contribution in [0.2, 0.25) is 0 Å². The molecule has 0 aromatic heterocycles. The number of carboxylic acid groups (broad SMARTS) is 1. The van der Waals surface area contributed by atoms with Crippen molar-refractivity contribution < 1.29 is 27.5 Å². The van der Waals surface area contributed by atoms with Gasteiger partial charge in [-0.05, 0) is 37.1 Å². The maximum atomic E-state index is 13.2. The molecule has 1 unspecified atom stereocenters. The largest absolute Gasteiger partial charge is 0.480 e. The normalized spacial score (nSPS) is 20.3. The standard InChI is InChI=1S/C13H13F4NO2/c14-10-4-3-8(6-9(10)13(15,16)17)7-18-5-1-2-11(18)12(19)20/h3-4,6,11H,1-2,5,7H2,(H,19,20). The van der Waals surface area contributed by atoms with E-state index in [4.69, 9.17) is 5.11 Å². The molecule has 20 heavy (non-hydrogen) atoms. The summed E-state index contributed by atoms with van der Waals surface area (Å²) < 4.78 is 51.0.